The number of hydrogen-bond donors (Lipinski definition) is 2. The molecule has 0 radical (unpaired) electrons. The van der Waals surface area contributed by atoms with Crippen LogP contribution in [0.5, 0.6) is 0 Å². The first-order chi connectivity index (χ1) is 4.42. The molecule has 10 heavy (non-hydrogen) atoms. The Labute approximate surface area is 61.4 Å². The van der Waals surface area contributed by atoms with Crippen LogP contribution in [-0.2, 0) is 0 Å². The maximum absolute atomic E-state index is 9.97. The van der Waals surface area contributed by atoms with Crippen molar-refractivity contribution in [3.05, 3.63) is 0 Å². The van der Waals surface area contributed by atoms with Gasteiger partial charge in [0.15, 0.2) is 0 Å². The van der Waals surface area contributed by atoms with Crippen LogP contribution in [0.4, 0.5) is 4.79 Å². The van der Waals surface area contributed by atoms with E-state index in [4.69, 9.17) is 5.11 Å². The number of carboxylic acid groups (broad SMARTS) is 1. The maximum atomic E-state index is 9.97. The zero-order valence-electron chi connectivity index (χ0n) is 6.77. The Morgan fingerprint density at radius 3 is 2.30 bits per heavy atom. The van der Waals surface area contributed by atoms with E-state index in [1.54, 1.807) is 0 Å². The summed E-state index contributed by atoms with van der Waals surface area (Å²) in [7, 11) is 0. The van der Waals surface area contributed by atoms with Gasteiger partial charge in [0.1, 0.15) is 0 Å². The molecule has 3 nitrogen and oxygen atoms in total. The molecular weight excluding hydrogens is 130 g/mol. The molecule has 0 aromatic heterocycles. The Morgan fingerprint density at radius 1 is 1.50 bits per heavy atom. The topological polar surface area (TPSA) is 49.3 Å². The standard InChI is InChI=1S/C7H15NO2/c1-7(2,3)4-5-8-6(9)10/h8H,4-5H2,1-3H3,(H,9,10). The highest BCUT2D eigenvalue weighted by atomic mass is 16.4. The molecule has 0 heterocycles. The molecule has 0 unspecified atom stereocenters. The minimum absolute atomic E-state index is 0.211. The summed E-state index contributed by atoms with van der Waals surface area (Å²) in [5.41, 5.74) is 0.211. The predicted molar refractivity (Wildman–Crippen MR) is 40.1 cm³/mol. The van der Waals surface area contributed by atoms with Gasteiger partial charge in [-0.3, -0.25) is 0 Å². The van der Waals surface area contributed by atoms with E-state index in [1.165, 1.54) is 0 Å². The van der Waals surface area contributed by atoms with Crippen LogP contribution in [0.25, 0.3) is 0 Å². The number of rotatable bonds is 2. The Kier molecular flexibility index (Phi) is 3.19. The number of hydrogen-bond acceptors (Lipinski definition) is 1. The molecule has 0 rings (SSSR count). The second kappa shape index (κ2) is 3.44. The van der Waals surface area contributed by atoms with Crippen LogP contribution in [0.15, 0.2) is 0 Å². The van der Waals surface area contributed by atoms with Gasteiger partial charge < -0.3 is 10.4 Å². The van der Waals surface area contributed by atoms with Crippen LogP contribution in [0.1, 0.15) is 27.2 Å². The molecule has 0 aromatic carbocycles. The molecule has 0 aliphatic rings. The van der Waals surface area contributed by atoms with Gasteiger partial charge in [0.25, 0.3) is 0 Å². The van der Waals surface area contributed by atoms with Crippen molar-refractivity contribution in [1.29, 1.82) is 0 Å². The summed E-state index contributed by atoms with van der Waals surface area (Å²) < 4.78 is 0. The highest BCUT2D eigenvalue weighted by Gasteiger charge is 2.09. The van der Waals surface area contributed by atoms with Crippen molar-refractivity contribution < 1.29 is 9.90 Å². The van der Waals surface area contributed by atoms with Crippen LogP contribution >= 0.6 is 0 Å². The number of nitrogens with one attached hydrogen (secondary N) is 1. The molecule has 0 aliphatic heterocycles. The lowest BCUT2D eigenvalue weighted by molar-refractivity contribution is 0.192. The van der Waals surface area contributed by atoms with Crippen LogP contribution in [-0.4, -0.2) is 17.7 Å². The maximum Gasteiger partial charge on any atom is 0.404 e. The Morgan fingerprint density at radius 2 is 2.00 bits per heavy atom. The van der Waals surface area contributed by atoms with Gasteiger partial charge in [-0.2, -0.15) is 0 Å². The zero-order chi connectivity index (χ0) is 8.20. The smallest absolute Gasteiger partial charge is 0.404 e. The van der Waals surface area contributed by atoms with Crippen LogP contribution < -0.4 is 5.32 Å². The van der Waals surface area contributed by atoms with Crippen LogP contribution in [0.3, 0.4) is 0 Å². The van der Waals surface area contributed by atoms with Crippen molar-refractivity contribution in [3.8, 4) is 0 Å². The molecule has 0 saturated carbocycles. The van der Waals surface area contributed by atoms with Crippen molar-refractivity contribution in [2.24, 2.45) is 5.41 Å². The third-order valence-corrected chi connectivity index (χ3v) is 1.15. The van der Waals surface area contributed by atoms with Crippen molar-refractivity contribution >= 4 is 6.09 Å². The monoisotopic (exact) mass is 145 g/mol. The Hall–Kier alpha value is -0.730. The fourth-order valence-corrected chi connectivity index (χ4v) is 0.544. The van der Waals surface area contributed by atoms with Gasteiger partial charge in [-0.05, 0) is 11.8 Å². The lowest BCUT2D eigenvalue weighted by Crippen LogP contribution is -2.25. The minimum atomic E-state index is -0.941. The summed E-state index contributed by atoms with van der Waals surface area (Å²) in [4.78, 5) is 9.97. The third kappa shape index (κ3) is 7.27. The summed E-state index contributed by atoms with van der Waals surface area (Å²) in [5.74, 6) is 0. The average molecular weight is 145 g/mol. The van der Waals surface area contributed by atoms with Gasteiger partial charge in [-0.15, -0.1) is 0 Å². The van der Waals surface area contributed by atoms with Gasteiger partial charge in [0.2, 0.25) is 0 Å². The highest BCUT2D eigenvalue weighted by molar-refractivity contribution is 5.64. The van der Waals surface area contributed by atoms with Gasteiger partial charge in [0.05, 0.1) is 0 Å². The quantitative estimate of drug-likeness (QED) is 0.621. The lowest BCUT2D eigenvalue weighted by Gasteiger charge is -2.16. The SMILES string of the molecule is CC(C)(C)CCNC(=O)O. The van der Waals surface area contributed by atoms with Gasteiger partial charge >= 0.3 is 6.09 Å². The van der Waals surface area contributed by atoms with Crippen molar-refractivity contribution in [2.75, 3.05) is 6.54 Å². The first-order valence-corrected chi connectivity index (χ1v) is 3.38. The average Bonchev–Trinajstić information content (AvgIpc) is 1.59. The van der Waals surface area contributed by atoms with E-state index in [0.29, 0.717) is 6.54 Å². The first-order valence-electron chi connectivity index (χ1n) is 3.38. The van der Waals surface area contributed by atoms with Gasteiger partial charge in [-0.25, -0.2) is 4.79 Å². The van der Waals surface area contributed by atoms with Crippen molar-refractivity contribution in [2.45, 2.75) is 27.2 Å². The van der Waals surface area contributed by atoms with Crippen molar-refractivity contribution in [3.63, 3.8) is 0 Å². The normalized spacial score (nSPS) is 11.1. The molecule has 0 spiro atoms. The minimum Gasteiger partial charge on any atom is -0.465 e. The molecule has 0 saturated heterocycles. The fraction of sp³-hybridized carbons (Fsp3) is 0.857. The van der Waals surface area contributed by atoms with E-state index in [-0.39, 0.29) is 5.41 Å². The van der Waals surface area contributed by atoms with Gasteiger partial charge in [-0.1, -0.05) is 20.8 Å². The zero-order valence-corrected chi connectivity index (χ0v) is 6.77. The summed E-state index contributed by atoms with van der Waals surface area (Å²) in [6.07, 6.45) is -0.0662. The molecule has 3 heteroatoms. The molecule has 0 atom stereocenters. The molecule has 2 N–H and O–H groups in total. The fourth-order valence-electron chi connectivity index (χ4n) is 0.544. The molecule has 0 bridgehead atoms. The highest BCUT2D eigenvalue weighted by Crippen LogP contribution is 2.16. The summed E-state index contributed by atoms with van der Waals surface area (Å²) in [5, 5.41) is 10.5. The van der Waals surface area contributed by atoms with Crippen LogP contribution in [0, 0.1) is 5.41 Å². The molecule has 60 valence electrons. The summed E-state index contributed by atoms with van der Waals surface area (Å²) in [6.45, 7) is 6.78. The Bertz CT molecular complexity index is 115. The first kappa shape index (κ1) is 9.27. The molecular formula is C7H15NO2. The number of amides is 1. The summed E-state index contributed by atoms with van der Waals surface area (Å²) in [6, 6.07) is 0. The largest absolute Gasteiger partial charge is 0.465 e. The third-order valence-electron chi connectivity index (χ3n) is 1.15. The molecule has 1 amide bonds. The number of carbonyl (C=O) groups is 1. The van der Waals surface area contributed by atoms with E-state index in [2.05, 4.69) is 26.1 Å². The van der Waals surface area contributed by atoms with Crippen molar-refractivity contribution in [1.82, 2.24) is 5.32 Å². The van der Waals surface area contributed by atoms with E-state index in [9.17, 15) is 4.79 Å². The predicted octanol–water partition coefficient (Wildman–Crippen LogP) is 1.69. The van der Waals surface area contributed by atoms with Crippen LogP contribution in [0.2, 0.25) is 0 Å². The second-order valence-corrected chi connectivity index (χ2v) is 3.54. The lowest BCUT2D eigenvalue weighted by atomic mass is 9.92. The van der Waals surface area contributed by atoms with E-state index >= 15 is 0 Å². The van der Waals surface area contributed by atoms with E-state index < -0.39 is 6.09 Å². The molecule has 0 aromatic rings. The summed E-state index contributed by atoms with van der Waals surface area (Å²) >= 11 is 0. The van der Waals surface area contributed by atoms with E-state index in [1.807, 2.05) is 0 Å². The molecule has 0 fully saturated rings. The second-order valence-electron chi connectivity index (χ2n) is 3.54. The van der Waals surface area contributed by atoms with Gasteiger partial charge in [0, 0.05) is 6.54 Å². The van der Waals surface area contributed by atoms with E-state index in [0.717, 1.165) is 6.42 Å². The Balaban J connectivity index is 3.29. The molecule has 0 aliphatic carbocycles.